The number of hydrogen-bond acceptors (Lipinski definition) is 3. The van der Waals surface area contributed by atoms with Crippen LogP contribution in [-0.2, 0) is 4.74 Å². The van der Waals surface area contributed by atoms with Gasteiger partial charge in [-0.15, -0.1) is 0 Å². The van der Waals surface area contributed by atoms with Gasteiger partial charge in [-0.1, -0.05) is 0 Å². The summed E-state index contributed by atoms with van der Waals surface area (Å²) in [7, 11) is 2.24. The summed E-state index contributed by atoms with van der Waals surface area (Å²) < 4.78 is 5.43. The van der Waals surface area contributed by atoms with Crippen molar-refractivity contribution in [3.8, 4) is 0 Å². The molecule has 3 nitrogen and oxygen atoms in total. The van der Waals surface area contributed by atoms with Crippen LogP contribution in [0.2, 0.25) is 0 Å². The first-order chi connectivity index (χ1) is 6.29. The maximum absolute atomic E-state index is 5.83. The van der Waals surface area contributed by atoms with Crippen LogP contribution in [0.3, 0.4) is 0 Å². The van der Waals surface area contributed by atoms with E-state index in [2.05, 4.69) is 11.9 Å². The summed E-state index contributed by atoms with van der Waals surface area (Å²) in [6, 6.07) is 0. The normalized spacial score (nSPS) is 34.2. The van der Waals surface area contributed by atoms with Crippen molar-refractivity contribution in [3.05, 3.63) is 0 Å². The monoisotopic (exact) mass is 184 g/mol. The molecular formula is C10H20N2O. The van der Waals surface area contributed by atoms with Gasteiger partial charge in [0.05, 0.1) is 0 Å². The maximum Gasteiger partial charge on any atom is 0.0483 e. The van der Waals surface area contributed by atoms with Crippen molar-refractivity contribution < 1.29 is 4.74 Å². The van der Waals surface area contributed by atoms with E-state index in [0.29, 0.717) is 11.5 Å². The molecule has 1 atom stereocenters. The molecule has 0 radical (unpaired) electrons. The van der Waals surface area contributed by atoms with E-state index in [4.69, 9.17) is 10.5 Å². The third-order valence-electron chi connectivity index (χ3n) is 3.98. The van der Waals surface area contributed by atoms with Crippen molar-refractivity contribution in [2.45, 2.75) is 24.8 Å². The van der Waals surface area contributed by atoms with Gasteiger partial charge in [0.15, 0.2) is 0 Å². The third-order valence-corrected chi connectivity index (χ3v) is 3.98. The minimum atomic E-state index is 0.382. The molecule has 13 heavy (non-hydrogen) atoms. The Labute approximate surface area is 80.2 Å². The standard InChI is InChI=1S/C10H20N2O/c1-12-5-2-9(8-11)10(12)3-6-13-7-4-10/h9H,2-8,11H2,1H3. The average molecular weight is 184 g/mol. The Balaban J connectivity index is 2.14. The highest BCUT2D eigenvalue weighted by atomic mass is 16.5. The van der Waals surface area contributed by atoms with Crippen LogP contribution in [0.5, 0.6) is 0 Å². The van der Waals surface area contributed by atoms with Gasteiger partial charge in [-0.3, -0.25) is 0 Å². The molecule has 1 spiro atoms. The van der Waals surface area contributed by atoms with E-state index < -0.39 is 0 Å². The summed E-state index contributed by atoms with van der Waals surface area (Å²) in [6.45, 7) is 3.88. The summed E-state index contributed by atoms with van der Waals surface area (Å²) in [5, 5.41) is 0. The zero-order valence-electron chi connectivity index (χ0n) is 8.46. The quantitative estimate of drug-likeness (QED) is 0.643. The zero-order valence-corrected chi connectivity index (χ0v) is 8.46. The highest BCUT2D eigenvalue weighted by Gasteiger charge is 2.46. The number of nitrogens with two attached hydrogens (primary N) is 1. The minimum absolute atomic E-state index is 0.382. The van der Waals surface area contributed by atoms with Crippen LogP contribution >= 0.6 is 0 Å². The molecule has 0 aliphatic carbocycles. The van der Waals surface area contributed by atoms with E-state index in [-0.39, 0.29) is 0 Å². The second-order valence-corrected chi connectivity index (χ2v) is 4.36. The molecule has 0 bridgehead atoms. The molecule has 2 aliphatic heterocycles. The molecule has 2 rings (SSSR count). The molecule has 3 heteroatoms. The summed E-state index contributed by atoms with van der Waals surface area (Å²) in [5.74, 6) is 0.696. The van der Waals surface area contributed by atoms with Crippen molar-refractivity contribution >= 4 is 0 Å². The molecule has 2 saturated heterocycles. The Morgan fingerprint density at radius 3 is 2.77 bits per heavy atom. The second kappa shape index (κ2) is 3.56. The van der Waals surface area contributed by atoms with Crippen molar-refractivity contribution in [1.29, 1.82) is 0 Å². The first kappa shape index (κ1) is 9.44. The first-order valence-electron chi connectivity index (χ1n) is 5.28. The summed E-state index contributed by atoms with van der Waals surface area (Å²) in [5.41, 5.74) is 6.22. The Morgan fingerprint density at radius 1 is 1.46 bits per heavy atom. The molecular weight excluding hydrogens is 164 g/mol. The fourth-order valence-corrected chi connectivity index (χ4v) is 3.00. The highest BCUT2D eigenvalue weighted by molar-refractivity contribution is 5.01. The lowest BCUT2D eigenvalue weighted by Crippen LogP contribution is -2.51. The van der Waals surface area contributed by atoms with Gasteiger partial charge in [-0.25, -0.2) is 0 Å². The van der Waals surface area contributed by atoms with Crippen LogP contribution in [0.1, 0.15) is 19.3 Å². The molecule has 0 aromatic carbocycles. The summed E-state index contributed by atoms with van der Waals surface area (Å²) in [6.07, 6.45) is 3.61. The number of nitrogens with zero attached hydrogens (tertiary/aromatic N) is 1. The predicted molar refractivity (Wildman–Crippen MR) is 52.6 cm³/mol. The van der Waals surface area contributed by atoms with Crippen LogP contribution in [0, 0.1) is 5.92 Å². The number of likely N-dealkylation sites (tertiary alicyclic amines) is 1. The van der Waals surface area contributed by atoms with E-state index in [1.54, 1.807) is 0 Å². The highest BCUT2D eigenvalue weighted by Crippen LogP contribution is 2.40. The summed E-state index contributed by atoms with van der Waals surface area (Å²) in [4.78, 5) is 2.51. The van der Waals surface area contributed by atoms with Crippen molar-refractivity contribution in [2.75, 3.05) is 33.4 Å². The Kier molecular flexibility index (Phi) is 2.58. The van der Waals surface area contributed by atoms with Gasteiger partial charge in [0.25, 0.3) is 0 Å². The van der Waals surface area contributed by atoms with Crippen LogP contribution in [0.15, 0.2) is 0 Å². The van der Waals surface area contributed by atoms with Crippen LogP contribution < -0.4 is 5.73 Å². The average Bonchev–Trinajstić information content (AvgIpc) is 2.46. The predicted octanol–water partition coefficient (Wildman–Crippen LogP) is 0.446. The third kappa shape index (κ3) is 1.39. The van der Waals surface area contributed by atoms with E-state index in [1.807, 2.05) is 0 Å². The smallest absolute Gasteiger partial charge is 0.0483 e. The summed E-state index contributed by atoms with van der Waals surface area (Å²) >= 11 is 0. The number of rotatable bonds is 1. The number of ether oxygens (including phenoxy) is 1. The van der Waals surface area contributed by atoms with Gasteiger partial charge in [0, 0.05) is 18.8 Å². The lowest BCUT2D eigenvalue weighted by atomic mass is 9.78. The minimum Gasteiger partial charge on any atom is -0.381 e. The zero-order chi connectivity index (χ0) is 9.31. The molecule has 0 aromatic heterocycles. The van der Waals surface area contributed by atoms with Gasteiger partial charge < -0.3 is 15.4 Å². The van der Waals surface area contributed by atoms with Crippen molar-refractivity contribution in [2.24, 2.45) is 11.7 Å². The van der Waals surface area contributed by atoms with Gasteiger partial charge in [-0.05, 0) is 45.3 Å². The Bertz CT molecular complexity index is 178. The van der Waals surface area contributed by atoms with Crippen LogP contribution in [-0.4, -0.2) is 43.8 Å². The van der Waals surface area contributed by atoms with Crippen molar-refractivity contribution in [3.63, 3.8) is 0 Å². The molecule has 0 saturated carbocycles. The van der Waals surface area contributed by atoms with Gasteiger partial charge in [0.1, 0.15) is 0 Å². The van der Waals surface area contributed by atoms with Gasteiger partial charge in [0.2, 0.25) is 0 Å². The molecule has 2 heterocycles. The lowest BCUT2D eigenvalue weighted by Gasteiger charge is -2.43. The molecule has 2 fully saturated rings. The SMILES string of the molecule is CN1CCC(CN)C12CCOCC2. The topological polar surface area (TPSA) is 38.5 Å². The molecule has 0 aromatic rings. The van der Waals surface area contributed by atoms with Crippen molar-refractivity contribution in [1.82, 2.24) is 4.90 Å². The largest absolute Gasteiger partial charge is 0.381 e. The Morgan fingerprint density at radius 2 is 2.15 bits per heavy atom. The van der Waals surface area contributed by atoms with Crippen LogP contribution in [0.25, 0.3) is 0 Å². The molecule has 1 unspecified atom stereocenters. The fourth-order valence-electron chi connectivity index (χ4n) is 3.00. The second-order valence-electron chi connectivity index (χ2n) is 4.36. The van der Waals surface area contributed by atoms with E-state index in [9.17, 15) is 0 Å². The number of hydrogen-bond donors (Lipinski definition) is 1. The maximum atomic E-state index is 5.83. The molecule has 76 valence electrons. The van der Waals surface area contributed by atoms with Crippen LogP contribution in [0.4, 0.5) is 0 Å². The van der Waals surface area contributed by atoms with E-state index >= 15 is 0 Å². The van der Waals surface area contributed by atoms with Gasteiger partial charge >= 0.3 is 0 Å². The van der Waals surface area contributed by atoms with Gasteiger partial charge in [-0.2, -0.15) is 0 Å². The Hall–Kier alpha value is -0.120. The van der Waals surface area contributed by atoms with E-state index in [1.165, 1.54) is 25.8 Å². The van der Waals surface area contributed by atoms with E-state index in [0.717, 1.165) is 19.8 Å². The first-order valence-corrected chi connectivity index (χ1v) is 5.28. The molecule has 0 amide bonds. The lowest BCUT2D eigenvalue weighted by molar-refractivity contribution is -0.0169. The molecule has 2 aliphatic rings. The fraction of sp³-hybridized carbons (Fsp3) is 1.00. The molecule has 2 N–H and O–H groups in total.